The fourth-order valence-electron chi connectivity index (χ4n) is 2.14. The second kappa shape index (κ2) is 7.70. The number of nitrogens with two attached hydrogens (primary N) is 1. The Kier molecular flexibility index (Phi) is 5.66. The third-order valence-corrected chi connectivity index (χ3v) is 3.30. The van der Waals surface area contributed by atoms with E-state index in [1.54, 1.807) is 12.4 Å². The molecule has 0 fully saturated rings. The van der Waals surface area contributed by atoms with Crippen molar-refractivity contribution in [1.29, 1.82) is 0 Å². The van der Waals surface area contributed by atoms with Crippen molar-refractivity contribution in [3.8, 4) is 5.88 Å². The monoisotopic (exact) mass is 304 g/mol. The van der Waals surface area contributed by atoms with Crippen LogP contribution in [0.1, 0.15) is 18.1 Å². The molecule has 2 heterocycles. The van der Waals surface area contributed by atoms with Crippen LogP contribution in [0.2, 0.25) is 0 Å². The maximum absolute atomic E-state index is 12.1. The molecule has 1 unspecified atom stereocenters. The van der Waals surface area contributed by atoms with Gasteiger partial charge in [-0.05, 0) is 37.8 Å². The Labute approximate surface area is 129 Å². The van der Waals surface area contributed by atoms with Crippen LogP contribution in [0.3, 0.4) is 0 Å². The summed E-state index contributed by atoms with van der Waals surface area (Å²) >= 11 is 0. The van der Waals surface area contributed by atoms with E-state index < -0.39 is 6.67 Å². The number of aliphatic imine (C=N–C) groups is 1. The molecule has 0 spiro atoms. The number of hydrogen-bond acceptors (Lipinski definition) is 5. The van der Waals surface area contributed by atoms with Gasteiger partial charge in [0.25, 0.3) is 0 Å². The number of rotatable bonds is 6. The summed E-state index contributed by atoms with van der Waals surface area (Å²) in [6, 6.07) is 1.80. The lowest BCUT2D eigenvalue weighted by atomic mass is 10.0. The number of halogens is 1. The molecule has 3 N–H and O–H groups in total. The van der Waals surface area contributed by atoms with Crippen molar-refractivity contribution < 1.29 is 9.13 Å². The predicted molar refractivity (Wildman–Crippen MR) is 85.6 cm³/mol. The molecule has 0 saturated carbocycles. The zero-order valence-electron chi connectivity index (χ0n) is 12.8. The molecule has 0 bridgehead atoms. The van der Waals surface area contributed by atoms with E-state index in [1.165, 1.54) is 0 Å². The molecular formula is C16H21FN4O. The normalized spacial score (nSPS) is 17.9. The number of aromatic nitrogens is 1. The Balaban J connectivity index is 1.99. The van der Waals surface area contributed by atoms with Crippen LogP contribution in [0.25, 0.3) is 0 Å². The van der Waals surface area contributed by atoms with Crippen molar-refractivity contribution in [3.63, 3.8) is 0 Å². The zero-order chi connectivity index (χ0) is 15.9. The summed E-state index contributed by atoms with van der Waals surface area (Å²) in [7, 11) is 0. The van der Waals surface area contributed by atoms with E-state index in [2.05, 4.69) is 15.3 Å². The number of pyridine rings is 1. The lowest BCUT2D eigenvalue weighted by Gasteiger charge is -2.17. The summed E-state index contributed by atoms with van der Waals surface area (Å²) in [4.78, 5) is 8.61. The summed E-state index contributed by atoms with van der Waals surface area (Å²) in [6.07, 6.45) is 7.20. The van der Waals surface area contributed by atoms with E-state index in [0.717, 1.165) is 22.4 Å². The highest BCUT2D eigenvalue weighted by Gasteiger charge is 2.10. The number of alkyl halides is 1. The van der Waals surface area contributed by atoms with Crippen molar-refractivity contribution in [1.82, 2.24) is 10.3 Å². The minimum Gasteiger partial charge on any atom is -0.475 e. The van der Waals surface area contributed by atoms with Crippen molar-refractivity contribution in [3.05, 3.63) is 46.9 Å². The van der Waals surface area contributed by atoms with Crippen LogP contribution in [0, 0.1) is 6.92 Å². The van der Waals surface area contributed by atoms with Crippen LogP contribution in [-0.2, 0) is 6.54 Å². The van der Waals surface area contributed by atoms with Gasteiger partial charge in [-0.25, -0.2) is 9.37 Å². The van der Waals surface area contributed by atoms with Gasteiger partial charge in [0.15, 0.2) is 0 Å². The van der Waals surface area contributed by atoms with Crippen molar-refractivity contribution in [2.45, 2.75) is 26.4 Å². The SMILES string of the molecule is CC1=C(C=NCc2cnc(OCCF)c(C)c2)C(N)C=CN1. The van der Waals surface area contributed by atoms with E-state index in [1.807, 2.05) is 32.2 Å². The summed E-state index contributed by atoms with van der Waals surface area (Å²) in [5, 5.41) is 3.12. The topological polar surface area (TPSA) is 72.5 Å². The average Bonchev–Trinajstić information content (AvgIpc) is 2.49. The Bertz CT molecular complexity index is 610. The molecule has 6 heteroatoms. The van der Waals surface area contributed by atoms with Gasteiger partial charge >= 0.3 is 0 Å². The van der Waals surface area contributed by atoms with Crippen molar-refractivity contribution in [2.24, 2.45) is 10.7 Å². The first kappa shape index (κ1) is 16.2. The highest BCUT2D eigenvalue weighted by Crippen LogP contribution is 2.16. The Morgan fingerprint density at radius 3 is 3.00 bits per heavy atom. The zero-order valence-corrected chi connectivity index (χ0v) is 12.8. The number of nitrogens with zero attached hydrogens (tertiary/aromatic N) is 2. The molecule has 0 radical (unpaired) electrons. The molecule has 22 heavy (non-hydrogen) atoms. The maximum Gasteiger partial charge on any atom is 0.216 e. The van der Waals surface area contributed by atoms with Gasteiger partial charge in [-0.1, -0.05) is 0 Å². The number of allylic oxidation sites excluding steroid dienone is 1. The molecule has 1 aliphatic rings. The molecule has 2 rings (SSSR count). The van der Waals surface area contributed by atoms with Crippen LogP contribution < -0.4 is 15.8 Å². The molecule has 1 aromatic rings. The Hall–Kier alpha value is -2.21. The van der Waals surface area contributed by atoms with E-state index in [4.69, 9.17) is 10.5 Å². The fourth-order valence-corrected chi connectivity index (χ4v) is 2.14. The highest BCUT2D eigenvalue weighted by atomic mass is 19.1. The molecule has 1 atom stereocenters. The Morgan fingerprint density at radius 2 is 2.32 bits per heavy atom. The molecule has 0 aromatic carbocycles. The first-order chi connectivity index (χ1) is 10.6. The van der Waals surface area contributed by atoms with Crippen molar-refractivity contribution >= 4 is 6.21 Å². The molecule has 1 aliphatic heterocycles. The number of nitrogens with one attached hydrogen (secondary N) is 1. The molecule has 0 saturated heterocycles. The number of dihydropyridines is 1. The number of hydrogen-bond donors (Lipinski definition) is 2. The summed E-state index contributed by atoms with van der Waals surface area (Å²) in [5.41, 5.74) is 9.81. The van der Waals surface area contributed by atoms with Gasteiger partial charge in [0, 0.05) is 29.2 Å². The number of ether oxygens (including phenoxy) is 1. The van der Waals surface area contributed by atoms with Crippen LogP contribution >= 0.6 is 0 Å². The second-order valence-corrected chi connectivity index (χ2v) is 5.08. The largest absolute Gasteiger partial charge is 0.475 e. The molecule has 0 aliphatic carbocycles. The van der Waals surface area contributed by atoms with Crippen molar-refractivity contribution in [2.75, 3.05) is 13.3 Å². The smallest absolute Gasteiger partial charge is 0.216 e. The van der Waals surface area contributed by atoms with Gasteiger partial charge in [0.1, 0.15) is 13.3 Å². The van der Waals surface area contributed by atoms with E-state index in [9.17, 15) is 4.39 Å². The average molecular weight is 304 g/mol. The first-order valence-corrected chi connectivity index (χ1v) is 7.15. The standard InChI is InChI=1S/C16H21FN4O/c1-11-7-13(9-21-16(11)22-6-4-17)8-19-10-14-12(2)20-5-3-15(14)18/h3,5,7,9-10,15,20H,4,6,8,18H2,1-2H3. The van der Waals surface area contributed by atoms with Gasteiger partial charge in [-0.2, -0.15) is 0 Å². The van der Waals surface area contributed by atoms with Crippen LogP contribution in [-0.4, -0.2) is 30.5 Å². The van der Waals surface area contributed by atoms with E-state index >= 15 is 0 Å². The molecule has 118 valence electrons. The number of aryl methyl sites for hydroxylation is 1. The van der Waals surface area contributed by atoms with Gasteiger partial charge < -0.3 is 15.8 Å². The van der Waals surface area contributed by atoms with E-state index in [-0.39, 0.29) is 12.6 Å². The summed E-state index contributed by atoms with van der Waals surface area (Å²) in [6.45, 7) is 3.85. The Morgan fingerprint density at radius 1 is 1.50 bits per heavy atom. The third-order valence-electron chi connectivity index (χ3n) is 3.30. The molecular weight excluding hydrogens is 283 g/mol. The lowest BCUT2D eigenvalue weighted by molar-refractivity contribution is 0.263. The van der Waals surface area contributed by atoms with Crippen LogP contribution in [0.4, 0.5) is 4.39 Å². The van der Waals surface area contributed by atoms with E-state index in [0.29, 0.717) is 12.4 Å². The minimum absolute atomic E-state index is 0.0250. The highest BCUT2D eigenvalue weighted by molar-refractivity contribution is 5.82. The van der Waals surface area contributed by atoms with Crippen LogP contribution in [0.15, 0.2) is 40.8 Å². The quantitative estimate of drug-likeness (QED) is 0.789. The summed E-state index contributed by atoms with van der Waals surface area (Å²) < 4.78 is 17.3. The first-order valence-electron chi connectivity index (χ1n) is 7.15. The van der Waals surface area contributed by atoms with Gasteiger partial charge in [-0.15, -0.1) is 0 Å². The molecule has 1 aromatic heterocycles. The predicted octanol–water partition coefficient (Wildman–Crippen LogP) is 2.03. The summed E-state index contributed by atoms with van der Waals surface area (Å²) in [5.74, 6) is 0.465. The lowest BCUT2D eigenvalue weighted by Crippen LogP contribution is -2.28. The maximum atomic E-state index is 12.1. The van der Waals surface area contributed by atoms with Crippen LogP contribution in [0.5, 0.6) is 5.88 Å². The van der Waals surface area contributed by atoms with Gasteiger partial charge in [0.2, 0.25) is 5.88 Å². The third kappa shape index (κ3) is 4.14. The van der Waals surface area contributed by atoms with Gasteiger partial charge in [0.05, 0.1) is 12.6 Å². The molecule has 5 nitrogen and oxygen atoms in total. The van der Waals surface area contributed by atoms with Gasteiger partial charge in [-0.3, -0.25) is 4.99 Å². The minimum atomic E-state index is -0.523. The second-order valence-electron chi connectivity index (χ2n) is 5.08. The molecule has 0 amide bonds. The fraction of sp³-hybridized carbons (Fsp3) is 0.375.